The van der Waals surface area contributed by atoms with Crippen LogP contribution in [-0.4, -0.2) is 18.9 Å². The number of halogens is 6. The number of nitrogens with two attached hydrogens (primary N) is 1. The number of primary amides is 1. The van der Waals surface area contributed by atoms with Gasteiger partial charge in [0.05, 0.1) is 22.1 Å². The minimum atomic E-state index is -5.08. The number of hydrogen-bond acceptors (Lipinski definition) is 3. The molecule has 0 heterocycles. The summed E-state index contributed by atoms with van der Waals surface area (Å²) in [7, 11) is -4.03. The molecule has 0 saturated heterocycles. The Labute approximate surface area is 173 Å². The van der Waals surface area contributed by atoms with E-state index in [2.05, 4.69) is 5.73 Å². The SMILES string of the molecule is Cc1ccc(/C=C/S(=O)(=O)O)c(C)c1.NC(=O)c1ccc(C(F)(F)F)cc1C(F)(F)F. The van der Waals surface area contributed by atoms with Crippen molar-refractivity contribution in [2.45, 2.75) is 26.2 Å². The summed E-state index contributed by atoms with van der Waals surface area (Å²) in [6.45, 7) is 3.85. The Bertz CT molecular complexity index is 1090. The van der Waals surface area contributed by atoms with Crippen molar-refractivity contribution in [3.05, 3.63) is 75.2 Å². The normalized spacial score (nSPS) is 12.4. The van der Waals surface area contributed by atoms with Gasteiger partial charge in [-0.05, 0) is 49.2 Å². The number of aryl methyl sites for hydroxylation is 2. The second-order valence-corrected chi connectivity index (χ2v) is 7.60. The van der Waals surface area contributed by atoms with Crippen molar-refractivity contribution in [2.24, 2.45) is 5.73 Å². The molecule has 12 heteroatoms. The van der Waals surface area contributed by atoms with Crippen LogP contribution in [0.25, 0.3) is 6.08 Å². The molecule has 0 saturated carbocycles. The topological polar surface area (TPSA) is 97.5 Å². The molecule has 0 unspecified atom stereocenters. The van der Waals surface area contributed by atoms with Gasteiger partial charge in [-0.2, -0.15) is 34.8 Å². The van der Waals surface area contributed by atoms with Crippen molar-refractivity contribution in [2.75, 3.05) is 0 Å². The maximum Gasteiger partial charge on any atom is 0.417 e. The summed E-state index contributed by atoms with van der Waals surface area (Å²) in [5, 5.41) is 0.782. The Hall–Kier alpha value is -2.86. The molecular formula is C19H17F6NO4S. The maximum atomic E-state index is 12.4. The molecule has 0 aliphatic carbocycles. The van der Waals surface area contributed by atoms with Gasteiger partial charge in [0.2, 0.25) is 5.91 Å². The van der Waals surface area contributed by atoms with Crippen LogP contribution >= 0.6 is 0 Å². The minimum absolute atomic E-state index is 0.139. The fourth-order valence-electron chi connectivity index (χ4n) is 2.34. The molecule has 0 fully saturated rings. The van der Waals surface area contributed by atoms with Crippen molar-refractivity contribution in [3.63, 3.8) is 0 Å². The van der Waals surface area contributed by atoms with E-state index in [0.29, 0.717) is 12.1 Å². The highest BCUT2D eigenvalue weighted by Gasteiger charge is 2.39. The third kappa shape index (κ3) is 8.42. The second-order valence-electron chi connectivity index (χ2n) is 6.30. The Morgan fingerprint density at radius 2 is 1.55 bits per heavy atom. The van der Waals surface area contributed by atoms with E-state index in [4.69, 9.17) is 4.55 Å². The zero-order valence-corrected chi connectivity index (χ0v) is 16.9. The second kappa shape index (κ2) is 9.52. The first-order valence-corrected chi connectivity index (χ1v) is 9.73. The van der Waals surface area contributed by atoms with Crippen LogP contribution in [0, 0.1) is 13.8 Å². The molecule has 1 amide bonds. The fourth-order valence-corrected chi connectivity index (χ4v) is 2.66. The Morgan fingerprint density at radius 1 is 0.968 bits per heavy atom. The number of alkyl halides is 6. The number of benzene rings is 2. The van der Waals surface area contributed by atoms with Crippen LogP contribution in [0.3, 0.4) is 0 Å². The Kier molecular flexibility index (Phi) is 8.04. The van der Waals surface area contributed by atoms with Crippen molar-refractivity contribution in [1.29, 1.82) is 0 Å². The average molecular weight is 469 g/mol. The monoisotopic (exact) mass is 469 g/mol. The lowest BCUT2D eigenvalue weighted by molar-refractivity contribution is -0.143. The van der Waals surface area contributed by atoms with E-state index in [0.717, 1.165) is 22.1 Å². The van der Waals surface area contributed by atoms with Crippen LogP contribution in [0.4, 0.5) is 26.3 Å². The van der Waals surface area contributed by atoms with Gasteiger partial charge in [-0.15, -0.1) is 0 Å². The van der Waals surface area contributed by atoms with Crippen LogP contribution < -0.4 is 5.73 Å². The highest BCUT2D eigenvalue weighted by Crippen LogP contribution is 2.37. The molecule has 0 aromatic heterocycles. The van der Waals surface area contributed by atoms with Gasteiger partial charge < -0.3 is 5.73 Å². The maximum absolute atomic E-state index is 12.4. The third-order valence-electron chi connectivity index (χ3n) is 3.76. The Balaban J connectivity index is 0.000000316. The van der Waals surface area contributed by atoms with Crippen molar-refractivity contribution in [3.8, 4) is 0 Å². The molecule has 0 spiro atoms. The van der Waals surface area contributed by atoms with Gasteiger partial charge in [-0.1, -0.05) is 23.8 Å². The predicted octanol–water partition coefficient (Wildman–Crippen LogP) is 4.99. The highest BCUT2D eigenvalue weighted by atomic mass is 32.2. The number of rotatable bonds is 3. The smallest absolute Gasteiger partial charge is 0.366 e. The van der Waals surface area contributed by atoms with Crippen molar-refractivity contribution >= 4 is 22.1 Å². The molecule has 0 radical (unpaired) electrons. The van der Waals surface area contributed by atoms with Crippen LogP contribution in [0.15, 0.2) is 41.8 Å². The summed E-state index contributed by atoms with van der Waals surface area (Å²) >= 11 is 0. The van der Waals surface area contributed by atoms with Gasteiger partial charge >= 0.3 is 12.4 Å². The van der Waals surface area contributed by atoms with Crippen molar-refractivity contribution < 1.29 is 44.1 Å². The summed E-state index contributed by atoms with van der Waals surface area (Å²) < 4.78 is 103. The first-order valence-electron chi connectivity index (χ1n) is 8.23. The van der Waals surface area contributed by atoms with E-state index in [1.807, 2.05) is 32.0 Å². The first kappa shape index (κ1) is 26.2. The molecule has 170 valence electrons. The molecular weight excluding hydrogens is 452 g/mol. The van der Waals surface area contributed by atoms with Gasteiger partial charge in [-0.25, -0.2) is 0 Å². The molecule has 0 bridgehead atoms. The lowest BCUT2D eigenvalue weighted by Gasteiger charge is -2.14. The molecule has 5 nitrogen and oxygen atoms in total. The fraction of sp³-hybridized carbons (Fsp3) is 0.211. The molecule has 0 atom stereocenters. The summed E-state index contributed by atoms with van der Waals surface area (Å²) in [5.74, 6) is -1.44. The summed E-state index contributed by atoms with van der Waals surface area (Å²) in [6.07, 6.45) is -8.62. The minimum Gasteiger partial charge on any atom is -0.366 e. The Morgan fingerprint density at radius 3 is 1.97 bits per heavy atom. The molecule has 2 rings (SSSR count). The lowest BCUT2D eigenvalue weighted by atomic mass is 10.0. The van der Waals surface area contributed by atoms with Gasteiger partial charge in [0.1, 0.15) is 0 Å². The largest absolute Gasteiger partial charge is 0.417 e. The standard InChI is InChI=1S/C10H12O3S.C9H5F6NO/c1-8-3-4-10(9(2)7-8)5-6-14(11,12)13;10-8(11,12)4-1-2-5(7(16)17)6(3-4)9(13,14)15/h3-7H,1-2H3,(H,11,12,13);1-3H,(H2,16,17)/b6-5+;. The highest BCUT2D eigenvalue weighted by molar-refractivity contribution is 7.88. The van der Waals surface area contributed by atoms with E-state index in [9.17, 15) is 39.6 Å². The average Bonchev–Trinajstić information content (AvgIpc) is 2.58. The van der Waals surface area contributed by atoms with E-state index in [1.165, 1.54) is 6.08 Å². The van der Waals surface area contributed by atoms with Gasteiger partial charge in [0.15, 0.2) is 0 Å². The lowest BCUT2D eigenvalue weighted by Crippen LogP contribution is -2.20. The van der Waals surface area contributed by atoms with Crippen LogP contribution in [0.1, 0.15) is 38.2 Å². The third-order valence-corrected chi connectivity index (χ3v) is 4.24. The van der Waals surface area contributed by atoms with Gasteiger partial charge in [0, 0.05) is 0 Å². The number of hydrogen-bond donors (Lipinski definition) is 2. The summed E-state index contributed by atoms with van der Waals surface area (Å²) in [6, 6.07) is 6.29. The van der Waals surface area contributed by atoms with E-state index < -0.39 is 45.1 Å². The summed E-state index contributed by atoms with van der Waals surface area (Å²) in [5.41, 5.74) is 3.35. The zero-order valence-electron chi connectivity index (χ0n) is 16.0. The number of carbonyl (C=O) groups excluding carboxylic acids is 1. The van der Waals surface area contributed by atoms with E-state index in [1.54, 1.807) is 0 Å². The molecule has 3 N–H and O–H groups in total. The zero-order chi connectivity index (χ0) is 24.2. The van der Waals surface area contributed by atoms with Gasteiger partial charge in [0.25, 0.3) is 10.1 Å². The van der Waals surface area contributed by atoms with Crippen LogP contribution in [0.5, 0.6) is 0 Å². The van der Waals surface area contributed by atoms with Crippen LogP contribution in [-0.2, 0) is 22.5 Å². The van der Waals surface area contributed by atoms with E-state index >= 15 is 0 Å². The summed E-state index contributed by atoms with van der Waals surface area (Å²) in [4.78, 5) is 10.7. The quantitative estimate of drug-likeness (QED) is 0.489. The van der Waals surface area contributed by atoms with Gasteiger partial charge in [-0.3, -0.25) is 9.35 Å². The molecule has 2 aromatic carbocycles. The van der Waals surface area contributed by atoms with Crippen LogP contribution in [0.2, 0.25) is 0 Å². The molecule has 0 aliphatic heterocycles. The molecule has 31 heavy (non-hydrogen) atoms. The first-order chi connectivity index (χ1) is 13.9. The number of amides is 1. The number of carbonyl (C=O) groups is 1. The van der Waals surface area contributed by atoms with Crippen molar-refractivity contribution in [1.82, 2.24) is 0 Å². The molecule has 2 aromatic rings. The van der Waals surface area contributed by atoms with E-state index in [-0.39, 0.29) is 6.07 Å². The predicted molar refractivity (Wildman–Crippen MR) is 101 cm³/mol. The molecule has 0 aliphatic rings.